The van der Waals surface area contributed by atoms with Gasteiger partial charge in [-0.25, -0.2) is 28.5 Å². The highest BCUT2D eigenvalue weighted by molar-refractivity contribution is 7.61. The van der Waals surface area contributed by atoms with Crippen LogP contribution in [-0.2, 0) is 70.1 Å². The van der Waals surface area contributed by atoms with Crippen molar-refractivity contribution in [3.63, 3.8) is 0 Å². The maximum absolute atomic E-state index is 15.4. The number of nitrogen functional groups attached to an aromatic ring is 1. The molecule has 1 aliphatic heterocycles. The van der Waals surface area contributed by atoms with Crippen molar-refractivity contribution in [3.8, 4) is 0 Å². The Balaban J connectivity index is 1.82. The molecule has 2 aromatic rings. The molecule has 11 atom stereocenters. The van der Waals surface area contributed by atoms with Crippen molar-refractivity contribution in [2.45, 2.75) is 89.9 Å². The van der Waals surface area contributed by atoms with Gasteiger partial charge in [0.05, 0.1) is 12.9 Å². The fourth-order valence-electron chi connectivity index (χ4n) is 4.65. The van der Waals surface area contributed by atoms with Gasteiger partial charge in [0.2, 0.25) is 6.29 Å². The maximum atomic E-state index is 15.4. The number of anilines is 1. The highest BCUT2D eigenvalue weighted by Crippen LogP contribution is 2.61. The van der Waals surface area contributed by atoms with Gasteiger partial charge in [0, 0.05) is 27.7 Å². The number of imidazole rings is 1. The third-order valence-corrected chi connectivity index (χ3v) is 9.42. The van der Waals surface area contributed by atoms with E-state index in [-0.39, 0.29) is 17.0 Å². The number of esters is 4. The van der Waals surface area contributed by atoms with Crippen LogP contribution in [0.25, 0.3) is 11.2 Å². The van der Waals surface area contributed by atoms with E-state index >= 15 is 4.39 Å². The van der Waals surface area contributed by atoms with Crippen molar-refractivity contribution >= 4 is 56.5 Å². The third-order valence-electron chi connectivity index (χ3n) is 6.82. The van der Waals surface area contributed by atoms with Gasteiger partial charge >= 0.3 is 39.5 Å². The Kier molecular flexibility index (Phi) is 15.3. The fraction of sp³-hybridized carbons (Fsp3) is 0.654. The molecule has 6 N–H and O–H groups in total. The summed E-state index contributed by atoms with van der Waals surface area (Å²) in [5.74, 6) is -3.99. The molecular formula is C26H38FN5O19P2. The smallest absolute Gasteiger partial charge is 0.463 e. The van der Waals surface area contributed by atoms with Gasteiger partial charge in [-0.3, -0.25) is 32.8 Å². The normalized spacial score (nSPS) is 23.8. The second-order valence-electron chi connectivity index (χ2n) is 11.1. The van der Waals surface area contributed by atoms with E-state index in [1.54, 1.807) is 0 Å². The number of fused-ring (bicyclic) bond motifs is 1. The lowest BCUT2D eigenvalue weighted by molar-refractivity contribution is -0.233. The first-order valence-electron chi connectivity index (χ1n) is 15.2. The Morgan fingerprint density at radius 2 is 1.57 bits per heavy atom. The number of nitrogens with two attached hydrogens (primary N) is 1. The Labute approximate surface area is 298 Å². The van der Waals surface area contributed by atoms with Crippen molar-refractivity contribution < 1.29 is 94.5 Å². The molecule has 3 rings (SSSR count). The topological polar surface area (TPSA) is 336 Å². The molecule has 1 fully saturated rings. The second kappa shape index (κ2) is 18.5. The Morgan fingerprint density at radius 1 is 0.943 bits per heavy atom. The van der Waals surface area contributed by atoms with E-state index < -0.39 is 115 Å². The number of hydrogen-bond donors (Lipinski definition) is 5. The van der Waals surface area contributed by atoms with Crippen LogP contribution in [0, 0.1) is 0 Å². The van der Waals surface area contributed by atoms with Crippen LogP contribution in [0.1, 0.15) is 40.8 Å². The molecule has 27 heteroatoms. The van der Waals surface area contributed by atoms with Gasteiger partial charge in [0.1, 0.15) is 55.6 Å². The molecule has 0 aliphatic carbocycles. The molecule has 1 saturated heterocycles. The van der Waals surface area contributed by atoms with E-state index in [1.165, 1.54) is 10.9 Å². The summed E-state index contributed by atoms with van der Waals surface area (Å²) in [6.45, 7) is 1.71. The summed E-state index contributed by atoms with van der Waals surface area (Å²) in [6.07, 6.45) is -14.7. The number of nitrogens with zero attached hydrogens (tertiary/aromatic N) is 4. The Hall–Kier alpha value is -3.74. The summed E-state index contributed by atoms with van der Waals surface area (Å²) in [6, 6.07) is 0. The first-order chi connectivity index (χ1) is 24.6. The van der Waals surface area contributed by atoms with Gasteiger partial charge in [-0.2, -0.15) is 4.31 Å². The Bertz CT molecular complexity index is 1720. The lowest BCUT2D eigenvalue weighted by Gasteiger charge is -2.33. The van der Waals surface area contributed by atoms with Crippen molar-refractivity contribution in [1.82, 2.24) is 19.5 Å². The molecule has 0 radical (unpaired) electrons. The maximum Gasteiger partial charge on any atom is 0.483 e. The van der Waals surface area contributed by atoms with Gasteiger partial charge in [-0.05, 0) is 6.92 Å². The zero-order valence-electron chi connectivity index (χ0n) is 28.5. The van der Waals surface area contributed by atoms with Gasteiger partial charge in [-0.1, -0.05) is 0 Å². The van der Waals surface area contributed by atoms with Crippen LogP contribution >= 0.6 is 15.6 Å². The molecule has 0 saturated carbocycles. The van der Waals surface area contributed by atoms with Crippen molar-refractivity contribution in [2.75, 3.05) is 25.6 Å². The van der Waals surface area contributed by atoms with Crippen LogP contribution in [0.15, 0.2) is 12.7 Å². The van der Waals surface area contributed by atoms with E-state index in [9.17, 15) is 48.3 Å². The summed E-state index contributed by atoms with van der Waals surface area (Å²) in [5, 5.41) is 21.2. The molecule has 1 aliphatic rings. The quantitative estimate of drug-likeness (QED) is 0.0509. The predicted molar refractivity (Wildman–Crippen MR) is 167 cm³/mol. The summed E-state index contributed by atoms with van der Waals surface area (Å²) in [7, 11) is -11.7. The number of ether oxygens (including phenoxy) is 6. The first-order valence-corrected chi connectivity index (χ1v) is 18.1. The lowest BCUT2D eigenvalue weighted by atomic mass is 10.1. The van der Waals surface area contributed by atoms with Crippen molar-refractivity contribution in [3.05, 3.63) is 12.7 Å². The largest absolute Gasteiger partial charge is 0.483 e. The SMILES string of the molecule is CC(=O)OC[C@H](F)C(OC(OP(=O)(O)OP(=O)(O)OCC1OC(n2cnc3c(N)ncnc32)C(O)C1O)[C@@H](COC(C)=O)OC(C)=O)[C@H](C)OC(C)=O. The molecule has 0 amide bonds. The average molecular weight is 806 g/mol. The number of alkyl halides is 1. The van der Waals surface area contributed by atoms with E-state index in [2.05, 4.69) is 24.0 Å². The van der Waals surface area contributed by atoms with Crippen LogP contribution in [0.3, 0.4) is 0 Å². The monoisotopic (exact) mass is 805 g/mol. The molecule has 8 unspecified atom stereocenters. The van der Waals surface area contributed by atoms with Gasteiger partial charge in [0.15, 0.2) is 30.0 Å². The summed E-state index contributed by atoms with van der Waals surface area (Å²) < 4.78 is 86.8. The molecule has 3 heterocycles. The Morgan fingerprint density at radius 3 is 2.17 bits per heavy atom. The van der Waals surface area contributed by atoms with Crippen molar-refractivity contribution in [1.29, 1.82) is 0 Å². The molecule has 24 nitrogen and oxygen atoms in total. The molecule has 2 aromatic heterocycles. The standard InChI is InChI=1S/C26H38FN5O19P2/c1-11(46-14(4)35)22(16(27)6-43-12(2)33)49-26(18(47-15(5)36)7-44-13(3)34)50-53(41,42)51-52(39,40)45-8-17-20(37)21(38)25(48-17)32-10-31-19-23(28)29-9-30-24(19)32/h9-11,16-18,20-22,25-26,37-38H,6-8H2,1-5H3,(H,39,40)(H,41,42)(H2,28,29,30)/t11-,16-,17?,18+,20?,21?,22?,25?,26?/m0/s1. The number of aliphatic hydroxyl groups excluding tert-OH is 2. The number of hydrogen-bond acceptors (Lipinski definition) is 21. The highest BCUT2D eigenvalue weighted by atomic mass is 31.3. The summed E-state index contributed by atoms with van der Waals surface area (Å²) in [4.78, 5) is 79.0. The predicted octanol–water partition coefficient (Wildman–Crippen LogP) is -0.663. The van der Waals surface area contributed by atoms with Crippen LogP contribution in [0.4, 0.5) is 10.2 Å². The highest BCUT2D eigenvalue weighted by Gasteiger charge is 2.48. The number of carbonyl (C=O) groups excluding carboxylic acids is 4. The fourth-order valence-corrected chi connectivity index (χ4v) is 6.82. The van der Waals surface area contributed by atoms with Crippen LogP contribution in [0.5, 0.6) is 0 Å². The van der Waals surface area contributed by atoms with E-state index in [4.69, 9.17) is 38.5 Å². The minimum atomic E-state index is -5.96. The summed E-state index contributed by atoms with van der Waals surface area (Å²) in [5.41, 5.74) is 5.99. The van der Waals surface area contributed by atoms with Crippen LogP contribution < -0.4 is 5.73 Å². The third kappa shape index (κ3) is 12.7. The van der Waals surface area contributed by atoms with Gasteiger partial charge in [0.25, 0.3) is 0 Å². The average Bonchev–Trinajstić information content (AvgIpc) is 3.58. The number of carbonyl (C=O) groups is 4. The number of phosphoric acid groups is 2. The van der Waals surface area contributed by atoms with Gasteiger partial charge in [-0.15, -0.1) is 0 Å². The number of aliphatic hydroxyl groups is 2. The molecule has 298 valence electrons. The first kappa shape index (κ1) is 43.7. The van der Waals surface area contributed by atoms with Crippen LogP contribution in [0.2, 0.25) is 0 Å². The minimum absolute atomic E-state index is 0.00480. The zero-order chi connectivity index (χ0) is 39.8. The van der Waals surface area contributed by atoms with Crippen molar-refractivity contribution in [2.24, 2.45) is 0 Å². The molecule has 0 bridgehead atoms. The lowest BCUT2D eigenvalue weighted by Crippen LogP contribution is -2.48. The van der Waals surface area contributed by atoms with Gasteiger partial charge < -0.3 is 54.2 Å². The second-order valence-corrected chi connectivity index (χ2v) is 14.1. The zero-order valence-corrected chi connectivity index (χ0v) is 30.3. The molecule has 0 spiro atoms. The van der Waals surface area contributed by atoms with E-state index in [0.29, 0.717) is 0 Å². The summed E-state index contributed by atoms with van der Waals surface area (Å²) >= 11 is 0. The number of phosphoric ester groups is 2. The number of halogens is 1. The molecule has 0 aromatic carbocycles. The molecule has 53 heavy (non-hydrogen) atoms. The molecular weight excluding hydrogens is 767 g/mol. The van der Waals surface area contributed by atoms with Crippen LogP contribution in [-0.4, -0.2) is 132 Å². The number of rotatable bonds is 19. The van der Waals surface area contributed by atoms with E-state index in [1.807, 2.05) is 0 Å². The minimum Gasteiger partial charge on any atom is -0.463 e. The number of aromatic nitrogens is 4. The van der Waals surface area contributed by atoms with E-state index in [0.717, 1.165) is 40.9 Å².